The first kappa shape index (κ1) is 20.2. The van der Waals surface area contributed by atoms with Crippen molar-refractivity contribution >= 4 is 29.3 Å². The number of hydrogen-bond acceptors (Lipinski definition) is 4. The monoisotopic (exact) mass is 402 g/mol. The first-order valence-corrected chi connectivity index (χ1v) is 9.60. The fourth-order valence-electron chi connectivity index (χ4n) is 2.90. The lowest BCUT2D eigenvalue weighted by Gasteiger charge is -2.23. The lowest BCUT2D eigenvalue weighted by molar-refractivity contribution is -0.121. The molecule has 1 saturated heterocycles. The molecule has 2 aromatic carbocycles. The van der Waals surface area contributed by atoms with Crippen LogP contribution in [-0.4, -0.2) is 31.3 Å². The summed E-state index contributed by atoms with van der Waals surface area (Å²) in [5, 5.41) is 6.34. The highest BCUT2D eigenvalue weighted by Gasteiger charge is 2.16. The molecule has 0 atom stereocenters. The Bertz CT molecular complexity index is 787. The second kappa shape index (κ2) is 10.1. The summed E-state index contributed by atoms with van der Waals surface area (Å²) in [7, 11) is 0. The maximum Gasteiger partial charge on any atom is 0.411 e. The molecule has 2 aromatic rings. The van der Waals surface area contributed by atoms with Crippen LogP contribution in [0.5, 0.6) is 0 Å². The minimum Gasteiger partial charge on any atom is -0.444 e. The summed E-state index contributed by atoms with van der Waals surface area (Å²) in [6, 6.07) is 14.4. The zero-order valence-electron chi connectivity index (χ0n) is 15.4. The van der Waals surface area contributed by atoms with Crippen LogP contribution in [0, 0.1) is 0 Å². The molecule has 28 heavy (non-hydrogen) atoms. The summed E-state index contributed by atoms with van der Waals surface area (Å²) < 4.78 is 10.5. The lowest BCUT2D eigenvalue weighted by Crippen LogP contribution is -2.39. The molecule has 1 fully saturated rings. The van der Waals surface area contributed by atoms with E-state index in [1.165, 1.54) is 0 Å². The third kappa shape index (κ3) is 6.55. The van der Waals surface area contributed by atoms with Crippen LogP contribution in [0.2, 0.25) is 5.02 Å². The van der Waals surface area contributed by atoms with Crippen LogP contribution in [0.15, 0.2) is 48.5 Å². The zero-order valence-corrected chi connectivity index (χ0v) is 16.2. The number of ether oxygens (including phenoxy) is 2. The van der Waals surface area contributed by atoms with E-state index in [4.69, 9.17) is 21.1 Å². The van der Waals surface area contributed by atoms with Gasteiger partial charge in [0.15, 0.2) is 0 Å². The van der Waals surface area contributed by atoms with E-state index >= 15 is 0 Å². The van der Waals surface area contributed by atoms with Gasteiger partial charge in [-0.15, -0.1) is 0 Å². The van der Waals surface area contributed by atoms with Crippen molar-refractivity contribution in [3.63, 3.8) is 0 Å². The van der Waals surface area contributed by atoms with E-state index in [1.807, 2.05) is 12.1 Å². The van der Waals surface area contributed by atoms with Gasteiger partial charge in [0, 0.05) is 30.0 Å². The van der Waals surface area contributed by atoms with Crippen molar-refractivity contribution in [3.05, 3.63) is 64.7 Å². The maximum atomic E-state index is 12.1. The fourth-order valence-corrected chi connectivity index (χ4v) is 3.02. The van der Waals surface area contributed by atoms with Crippen LogP contribution in [0.25, 0.3) is 0 Å². The quantitative estimate of drug-likeness (QED) is 0.767. The van der Waals surface area contributed by atoms with Crippen molar-refractivity contribution < 1.29 is 19.1 Å². The molecule has 0 spiro atoms. The van der Waals surface area contributed by atoms with E-state index in [0.29, 0.717) is 30.3 Å². The van der Waals surface area contributed by atoms with Crippen LogP contribution in [0.4, 0.5) is 10.5 Å². The van der Waals surface area contributed by atoms with Crippen molar-refractivity contribution in [3.8, 4) is 0 Å². The van der Waals surface area contributed by atoms with Gasteiger partial charge in [0.25, 0.3) is 0 Å². The summed E-state index contributed by atoms with van der Waals surface area (Å²) in [5.41, 5.74) is 2.34. The van der Waals surface area contributed by atoms with Gasteiger partial charge in [-0.1, -0.05) is 35.9 Å². The second-order valence-corrected chi connectivity index (χ2v) is 7.09. The standard InChI is InChI=1S/C21H23ClN2O4/c22-17-5-1-16(2-6-17)14-28-21(26)24-18-7-3-15(4-8-18)13-20(25)23-19-9-11-27-12-10-19/h1-8,19H,9-14H2,(H,23,25)(H,24,26). The minimum absolute atomic E-state index is 0.00464. The number of amides is 2. The topological polar surface area (TPSA) is 76.7 Å². The number of rotatable bonds is 6. The molecule has 0 saturated carbocycles. The maximum absolute atomic E-state index is 12.1. The van der Waals surface area contributed by atoms with E-state index in [1.54, 1.807) is 36.4 Å². The Hall–Kier alpha value is -2.57. The van der Waals surface area contributed by atoms with E-state index in [9.17, 15) is 9.59 Å². The number of carbonyl (C=O) groups excluding carboxylic acids is 2. The normalized spacial score (nSPS) is 14.3. The third-order valence-electron chi connectivity index (χ3n) is 4.43. The highest BCUT2D eigenvalue weighted by Crippen LogP contribution is 2.13. The van der Waals surface area contributed by atoms with Gasteiger partial charge in [-0.25, -0.2) is 4.79 Å². The molecule has 148 valence electrons. The summed E-state index contributed by atoms with van der Waals surface area (Å²) in [5.74, 6) is -0.00464. The average Bonchev–Trinajstić information content (AvgIpc) is 2.70. The van der Waals surface area contributed by atoms with Gasteiger partial charge in [0.1, 0.15) is 6.61 Å². The molecule has 0 aliphatic carbocycles. The molecule has 0 aromatic heterocycles. The Labute approximate surface area is 169 Å². The van der Waals surface area contributed by atoms with Crippen molar-refractivity contribution in [1.29, 1.82) is 0 Å². The predicted octanol–water partition coefficient (Wildman–Crippen LogP) is 3.93. The molecule has 6 nitrogen and oxygen atoms in total. The first-order chi connectivity index (χ1) is 13.6. The smallest absolute Gasteiger partial charge is 0.411 e. The predicted molar refractivity (Wildman–Crippen MR) is 107 cm³/mol. The van der Waals surface area contributed by atoms with Gasteiger partial charge in [-0.05, 0) is 48.2 Å². The Morgan fingerprint density at radius 1 is 1.00 bits per heavy atom. The van der Waals surface area contributed by atoms with Crippen LogP contribution in [0.3, 0.4) is 0 Å². The van der Waals surface area contributed by atoms with Crippen LogP contribution < -0.4 is 10.6 Å². The highest BCUT2D eigenvalue weighted by atomic mass is 35.5. The van der Waals surface area contributed by atoms with E-state index in [-0.39, 0.29) is 18.6 Å². The van der Waals surface area contributed by atoms with Gasteiger partial charge in [-0.2, -0.15) is 0 Å². The number of hydrogen-bond donors (Lipinski definition) is 2. The molecule has 0 bridgehead atoms. The highest BCUT2D eigenvalue weighted by molar-refractivity contribution is 6.30. The summed E-state index contributed by atoms with van der Waals surface area (Å²) in [6.45, 7) is 1.55. The number of benzene rings is 2. The Morgan fingerprint density at radius 2 is 1.64 bits per heavy atom. The number of halogens is 1. The Balaban J connectivity index is 1.42. The van der Waals surface area contributed by atoms with E-state index < -0.39 is 6.09 Å². The molecular weight excluding hydrogens is 380 g/mol. The molecule has 2 N–H and O–H groups in total. The number of nitrogens with one attached hydrogen (secondary N) is 2. The number of anilines is 1. The molecule has 0 unspecified atom stereocenters. The van der Waals surface area contributed by atoms with Crippen molar-refractivity contribution in [2.24, 2.45) is 0 Å². The molecular formula is C21H23ClN2O4. The van der Waals surface area contributed by atoms with Gasteiger partial charge in [-0.3, -0.25) is 10.1 Å². The SMILES string of the molecule is O=C(Cc1ccc(NC(=O)OCc2ccc(Cl)cc2)cc1)NC1CCOCC1. The molecule has 1 aliphatic rings. The molecule has 7 heteroatoms. The van der Waals surface area contributed by atoms with Crippen molar-refractivity contribution in [2.45, 2.75) is 31.9 Å². The lowest BCUT2D eigenvalue weighted by atomic mass is 10.1. The largest absolute Gasteiger partial charge is 0.444 e. The zero-order chi connectivity index (χ0) is 19.8. The number of carbonyl (C=O) groups is 2. The molecule has 2 amide bonds. The second-order valence-electron chi connectivity index (χ2n) is 6.66. The third-order valence-corrected chi connectivity index (χ3v) is 4.69. The Morgan fingerprint density at radius 3 is 2.32 bits per heavy atom. The average molecular weight is 403 g/mol. The summed E-state index contributed by atoms with van der Waals surface area (Å²) >= 11 is 5.82. The van der Waals surface area contributed by atoms with E-state index in [0.717, 1.165) is 24.0 Å². The van der Waals surface area contributed by atoms with Gasteiger partial charge in [0.05, 0.1) is 6.42 Å². The van der Waals surface area contributed by atoms with Crippen LogP contribution >= 0.6 is 11.6 Å². The molecule has 3 rings (SSSR count). The summed E-state index contributed by atoms with van der Waals surface area (Å²) in [4.78, 5) is 24.0. The van der Waals surface area contributed by atoms with Crippen molar-refractivity contribution in [1.82, 2.24) is 5.32 Å². The van der Waals surface area contributed by atoms with Crippen molar-refractivity contribution in [2.75, 3.05) is 18.5 Å². The van der Waals surface area contributed by atoms with E-state index in [2.05, 4.69) is 10.6 Å². The van der Waals surface area contributed by atoms with Crippen LogP contribution in [-0.2, 0) is 27.3 Å². The summed E-state index contributed by atoms with van der Waals surface area (Å²) in [6.07, 6.45) is 1.47. The molecule has 1 heterocycles. The Kier molecular flexibility index (Phi) is 7.28. The molecule has 1 aliphatic heterocycles. The minimum atomic E-state index is -0.542. The van der Waals surface area contributed by atoms with Gasteiger partial charge < -0.3 is 14.8 Å². The van der Waals surface area contributed by atoms with Gasteiger partial charge >= 0.3 is 6.09 Å². The van der Waals surface area contributed by atoms with Crippen LogP contribution in [0.1, 0.15) is 24.0 Å². The molecule has 0 radical (unpaired) electrons. The first-order valence-electron chi connectivity index (χ1n) is 9.23. The van der Waals surface area contributed by atoms with Gasteiger partial charge in [0.2, 0.25) is 5.91 Å². The fraction of sp³-hybridized carbons (Fsp3) is 0.333.